The van der Waals surface area contributed by atoms with E-state index in [9.17, 15) is 5.11 Å². The summed E-state index contributed by atoms with van der Waals surface area (Å²) in [5.74, 6) is 0. The van der Waals surface area contributed by atoms with Crippen LogP contribution in [0.4, 0.5) is 0 Å². The second-order valence-electron chi connectivity index (χ2n) is 0.558. The molecule has 0 saturated carbocycles. The summed E-state index contributed by atoms with van der Waals surface area (Å²) in [5.41, 5.74) is 3.29. The van der Waals surface area contributed by atoms with Crippen LogP contribution in [0.3, 0.4) is 0 Å². The zero-order valence-electron chi connectivity index (χ0n) is 2.53. The summed E-state index contributed by atoms with van der Waals surface area (Å²) in [4.78, 5) is 0. The molecule has 0 rings (SSSR count). The summed E-state index contributed by atoms with van der Waals surface area (Å²) < 4.78 is 0. The molecule has 2 nitrogen and oxygen atoms in total. The molecule has 2 heteroatoms. The van der Waals surface area contributed by atoms with Crippen LogP contribution in [0.1, 0.15) is 0 Å². The van der Waals surface area contributed by atoms with E-state index in [1.807, 2.05) is 0 Å². The van der Waals surface area contributed by atoms with Gasteiger partial charge in [0.05, 0.1) is 6.54 Å². The predicted molar refractivity (Wildman–Crippen MR) is 12.6 cm³/mol. The molecular weight excluding hydrogens is 54.0 g/mol. The van der Waals surface area contributed by atoms with Gasteiger partial charge < -0.3 is 10.8 Å². The second-order valence-corrected chi connectivity index (χ2v) is 0.558. The van der Waals surface area contributed by atoms with Crippen LogP contribution in [0, 0.1) is 0 Å². The van der Waals surface area contributed by atoms with Crippen LogP contribution < -0.4 is 10.8 Å². The minimum Gasteiger partial charge on any atom is -0.850 e. The Morgan fingerprint density at radius 3 is 2.00 bits per heavy atom. The largest absolute Gasteiger partial charge is 0.850 e. The molecule has 0 amide bonds. The van der Waals surface area contributed by atoms with Gasteiger partial charge in [0.1, 0.15) is 0 Å². The average molecular weight is 61.1 g/mol. The van der Waals surface area contributed by atoms with E-state index in [-0.39, 0.29) is 6.61 Å². The van der Waals surface area contributed by atoms with Crippen molar-refractivity contribution in [1.82, 2.24) is 0 Å². The van der Waals surface area contributed by atoms with Gasteiger partial charge in [-0.1, -0.05) is 6.61 Å². The lowest BCUT2D eigenvalue weighted by Crippen LogP contribution is -2.54. The highest BCUT2D eigenvalue weighted by Crippen LogP contribution is 1.17. The van der Waals surface area contributed by atoms with Crippen LogP contribution in [0.2, 0.25) is 0 Å². The normalized spacial score (nSPS) is 7.50. The van der Waals surface area contributed by atoms with E-state index in [1.54, 1.807) is 0 Å². The summed E-state index contributed by atoms with van der Waals surface area (Å²) in [6.45, 7) is 0.472. The lowest BCUT2D eigenvalue weighted by atomic mass is 10.8. The van der Waals surface area contributed by atoms with E-state index in [1.165, 1.54) is 0 Å². The topological polar surface area (TPSA) is 50.7 Å². The van der Waals surface area contributed by atoms with Gasteiger partial charge in [0.2, 0.25) is 0 Å². The summed E-state index contributed by atoms with van der Waals surface area (Å²) in [7, 11) is 0. The van der Waals surface area contributed by atoms with Crippen molar-refractivity contribution in [2.24, 2.45) is 0 Å². The quantitative estimate of drug-likeness (QED) is 0.360. The van der Waals surface area contributed by atoms with Crippen molar-refractivity contribution < 1.29 is 10.8 Å². The molecule has 4 heavy (non-hydrogen) atoms. The summed E-state index contributed by atoms with van der Waals surface area (Å²) >= 11 is 0. The number of hydrogen-bond acceptors (Lipinski definition) is 1. The van der Waals surface area contributed by atoms with Crippen molar-refractivity contribution in [3.05, 3.63) is 0 Å². The molecule has 0 fully saturated rings. The lowest BCUT2D eigenvalue weighted by Gasteiger charge is -1.87. The van der Waals surface area contributed by atoms with Gasteiger partial charge in [-0.25, -0.2) is 0 Å². The number of quaternary nitrogens is 1. The molecule has 0 aromatic carbocycles. The molecule has 0 atom stereocenters. The molecule has 0 heterocycles. The zero-order chi connectivity index (χ0) is 3.41. The third-order valence-electron chi connectivity index (χ3n) is 0.144. The fourth-order valence-electron chi connectivity index (χ4n) is 0. The van der Waals surface area contributed by atoms with Crippen LogP contribution in [-0.4, -0.2) is 13.2 Å². The summed E-state index contributed by atoms with van der Waals surface area (Å²) in [6.07, 6.45) is 0. The molecule has 0 spiro atoms. The fraction of sp³-hybridized carbons (Fsp3) is 1.00. The van der Waals surface area contributed by atoms with Crippen LogP contribution in [0.15, 0.2) is 0 Å². The Balaban J connectivity index is 1.97. The molecule has 0 aromatic rings. The van der Waals surface area contributed by atoms with Gasteiger partial charge in [-0.3, -0.25) is 0 Å². The minimum absolute atomic E-state index is 0.0417. The van der Waals surface area contributed by atoms with Gasteiger partial charge in [0.25, 0.3) is 0 Å². The van der Waals surface area contributed by atoms with Crippen LogP contribution in [0.5, 0.6) is 0 Å². The van der Waals surface area contributed by atoms with E-state index < -0.39 is 0 Å². The first-order valence-electron chi connectivity index (χ1n) is 1.29. The maximum Gasteiger partial charge on any atom is 0.0584 e. The minimum atomic E-state index is -0.0417. The Morgan fingerprint density at radius 1 is 1.75 bits per heavy atom. The van der Waals surface area contributed by atoms with Gasteiger partial charge in [0.15, 0.2) is 0 Å². The van der Waals surface area contributed by atoms with Crippen molar-refractivity contribution in [3.8, 4) is 0 Å². The first kappa shape index (κ1) is 3.92. The van der Waals surface area contributed by atoms with Crippen LogP contribution in [0.25, 0.3) is 0 Å². The van der Waals surface area contributed by atoms with E-state index >= 15 is 0 Å². The van der Waals surface area contributed by atoms with Crippen molar-refractivity contribution in [2.45, 2.75) is 0 Å². The fourth-order valence-corrected chi connectivity index (χ4v) is 0. The van der Waals surface area contributed by atoms with E-state index in [0.717, 1.165) is 0 Å². The molecule has 0 saturated heterocycles. The standard InChI is InChI=1S/C2H6NO/c3-1-2-4/h1-3H2/q-1/p+1. The van der Waals surface area contributed by atoms with Crippen molar-refractivity contribution in [1.29, 1.82) is 0 Å². The highest BCUT2D eigenvalue weighted by molar-refractivity contribution is 4.00. The van der Waals surface area contributed by atoms with Crippen LogP contribution in [-0.2, 0) is 0 Å². The van der Waals surface area contributed by atoms with E-state index in [4.69, 9.17) is 0 Å². The molecule has 3 N–H and O–H groups in total. The molecular formula is C2H7NO. The third kappa shape index (κ3) is 1.92. The van der Waals surface area contributed by atoms with E-state index in [0.29, 0.717) is 6.54 Å². The van der Waals surface area contributed by atoms with Crippen molar-refractivity contribution >= 4 is 0 Å². The molecule has 26 valence electrons. The number of hydrogen-bond donors (Lipinski definition) is 1. The first-order chi connectivity index (χ1) is 1.91. The van der Waals surface area contributed by atoms with E-state index in [2.05, 4.69) is 5.73 Å². The van der Waals surface area contributed by atoms with Gasteiger partial charge in [0, 0.05) is 0 Å². The summed E-state index contributed by atoms with van der Waals surface area (Å²) in [5, 5.41) is 9.24. The molecule has 0 aliphatic carbocycles. The lowest BCUT2D eigenvalue weighted by molar-refractivity contribution is -0.453. The summed E-state index contributed by atoms with van der Waals surface area (Å²) in [6, 6.07) is 0. The Kier molecular flexibility index (Phi) is 2.86. The van der Waals surface area contributed by atoms with Gasteiger partial charge >= 0.3 is 0 Å². The van der Waals surface area contributed by atoms with Crippen molar-refractivity contribution in [3.63, 3.8) is 0 Å². The van der Waals surface area contributed by atoms with Crippen molar-refractivity contribution in [2.75, 3.05) is 13.2 Å². The Morgan fingerprint density at radius 2 is 2.00 bits per heavy atom. The second kappa shape index (κ2) is 2.92. The van der Waals surface area contributed by atoms with Crippen LogP contribution >= 0.6 is 0 Å². The zero-order valence-corrected chi connectivity index (χ0v) is 2.53. The molecule has 0 bridgehead atoms. The SMILES string of the molecule is [NH3+]CC[O-]. The molecule has 0 aliphatic rings. The Bertz CT molecular complexity index is 8.00. The van der Waals surface area contributed by atoms with Gasteiger partial charge in [-0.15, -0.1) is 0 Å². The predicted octanol–water partition coefficient (Wildman–Crippen LogP) is -2.41. The molecule has 0 radical (unpaired) electrons. The third-order valence-corrected chi connectivity index (χ3v) is 0.144. The van der Waals surface area contributed by atoms with Gasteiger partial charge in [-0.05, 0) is 0 Å². The monoisotopic (exact) mass is 61.1 g/mol. The van der Waals surface area contributed by atoms with Gasteiger partial charge in [-0.2, -0.15) is 0 Å². The highest BCUT2D eigenvalue weighted by atomic mass is 16.3. The Hall–Kier alpha value is -0.0800. The smallest absolute Gasteiger partial charge is 0.0584 e. The first-order valence-corrected chi connectivity index (χ1v) is 1.29. The highest BCUT2D eigenvalue weighted by Gasteiger charge is 1.48. The maximum absolute atomic E-state index is 9.24. The molecule has 0 aromatic heterocycles. The Labute approximate surface area is 25.2 Å². The number of rotatable bonds is 1. The maximum atomic E-state index is 9.24. The average Bonchev–Trinajstić information content (AvgIpc) is 1.37. The molecule has 0 unspecified atom stereocenters. The molecule has 0 aliphatic heterocycles.